The molecule has 2 nitrogen and oxygen atoms in total. The Hall–Kier alpha value is -0.800. The first-order chi connectivity index (χ1) is 6.66. The second-order valence-electron chi connectivity index (χ2n) is 3.06. The molecule has 0 aliphatic heterocycles. The van der Waals surface area contributed by atoms with Crippen LogP contribution in [-0.2, 0) is 0 Å². The summed E-state index contributed by atoms with van der Waals surface area (Å²) in [5.74, 6) is -0.426. The predicted molar refractivity (Wildman–Crippen MR) is 56.3 cm³/mol. The largest absolute Gasteiger partial charge is 0.396 e. The summed E-state index contributed by atoms with van der Waals surface area (Å²) in [5.41, 5.74) is 1.10. The van der Waals surface area contributed by atoms with E-state index in [2.05, 4.69) is 5.32 Å². The van der Waals surface area contributed by atoms with Crippen molar-refractivity contribution in [1.82, 2.24) is 0 Å². The van der Waals surface area contributed by atoms with Crippen molar-refractivity contribution in [2.45, 2.75) is 13.3 Å². The standard InChI is InChI=1S/C10H13ClFNO/c1-7-3-4-8(10(12)9(7)11)13-5-2-6-14/h3-4,13-14H,2,5-6H2,1H3. The lowest BCUT2D eigenvalue weighted by Gasteiger charge is -2.08. The van der Waals surface area contributed by atoms with Gasteiger partial charge in [0.1, 0.15) is 0 Å². The zero-order valence-corrected chi connectivity index (χ0v) is 8.74. The van der Waals surface area contributed by atoms with Crippen LogP contribution < -0.4 is 5.32 Å². The molecule has 0 radical (unpaired) electrons. The number of halogens is 2. The maximum Gasteiger partial charge on any atom is 0.165 e. The summed E-state index contributed by atoms with van der Waals surface area (Å²) in [6, 6.07) is 3.40. The fourth-order valence-corrected chi connectivity index (χ4v) is 1.25. The molecular weight excluding hydrogens is 205 g/mol. The molecule has 0 heterocycles. The SMILES string of the molecule is Cc1ccc(NCCCO)c(F)c1Cl. The van der Waals surface area contributed by atoms with Gasteiger partial charge in [0.25, 0.3) is 0 Å². The highest BCUT2D eigenvalue weighted by molar-refractivity contribution is 6.31. The van der Waals surface area contributed by atoms with Crippen molar-refractivity contribution in [3.63, 3.8) is 0 Å². The Morgan fingerprint density at radius 3 is 2.86 bits per heavy atom. The summed E-state index contributed by atoms with van der Waals surface area (Å²) < 4.78 is 13.4. The van der Waals surface area contributed by atoms with Gasteiger partial charge in [0.2, 0.25) is 0 Å². The Balaban J connectivity index is 2.73. The van der Waals surface area contributed by atoms with Gasteiger partial charge in [-0.05, 0) is 25.0 Å². The Morgan fingerprint density at radius 2 is 2.21 bits per heavy atom. The molecule has 0 aliphatic rings. The summed E-state index contributed by atoms with van der Waals surface area (Å²) in [4.78, 5) is 0. The third-order valence-electron chi connectivity index (χ3n) is 1.93. The zero-order valence-electron chi connectivity index (χ0n) is 7.98. The minimum absolute atomic E-state index is 0.0915. The molecule has 1 aromatic carbocycles. The minimum Gasteiger partial charge on any atom is -0.396 e. The summed E-state index contributed by atoms with van der Waals surface area (Å²) in [6.07, 6.45) is 0.588. The highest BCUT2D eigenvalue weighted by atomic mass is 35.5. The topological polar surface area (TPSA) is 32.3 Å². The van der Waals surface area contributed by atoms with E-state index >= 15 is 0 Å². The number of anilines is 1. The highest BCUT2D eigenvalue weighted by Gasteiger charge is 2.07. The molecule has 1 rings (SSSR count). The van der Waals surface area contributed by atoms with E-state index < -0.39 is 5.82 Å². The van der Waals surface area contributed by atoms with Crippen molar-refractivity contribution < 1.29 is 9.50 Å². The van der Waals surface area contributed by atoms with Crippen LogP contribution >= 0.6 is 11.6 Å². The number of aryl methyl sites for hydroxylation is 1. The van der Waals surface area contributed by atoms with Crippen molar-refractivity contribution >= 4 is 17.3 Å². The number of aliphatic hydroxyl groups is 1. The molecule has 0 fully saturated rings. The van der Waals surface area contributed by atoms with Gasteiger partial charge in [-0.15, -0.1) is 0 Å². The van der Waals surface area contributed by atoms with Gasteiger partial charge >= 0.3 is 0 Å². The molecule has 1 aromatic rings. The third kappa shape index (κ3) is 2.59. The van der Waals surface area contributed by atoms with E-state index in [1.54, 1.807) is 19.1 Å². The quantitative estimate of drug-likeness (QED) is 0.760. The van der Waals surface area contributed by atoms with Crippen LogP contribution in [0.3, 0.4) is 0 Å². The number of hydrogen-bond donors (Lipinski definition) is 2. The second kappa shape index (κ2) is 5.17. The van der Waals surface area contributed by atoms with Gasteiger partial charge in [-0.2, -0.15) is 0 Å². The Morgan fingerprint density at radius 1 is 1.50 bits per heavy atom. The second-order valence-corrected chi connectivity index (χ2v) is 3.44. The number of nitrogens with one attached hydrogen (secondary N) is 1. The van der Waals surface area contributed by atoms with Gasteiger partial charge in [0, 0.05) is 13.2 Å². The van der Waals surface area contributed by atoms with Crippen LogP contribution in [0.5, 0.6) is 0 Å². The normalized spacial score (nSPS) is 10.3. The van der Waals surface area contributed by atoms with E-state index in [-0.39, 0.29) is 11.6 Å². The van der Waals surface area contributed by atoms with E-state index in [4.69, 9.17) is 16.7 Å². The van der Waals surface area contributed by atoms with Crippen LogP contribution in [-0.4, -0.2) is 18.3 Å². The molecule has 0 atom stereocenters. The predicted octanol–water partition coefficient (Wildman–Crippen LogP) is 2.58. The molecule has 0 amide bonds. The molecule has 0 aromatic heterocycles. The van der Waals surface area contributed by atoms with Gasteiger partial charge in [0.05, 0.1) is 10.7 Å². The van der Waals surface area contributed by atoms with Gasteiger partial charge < -0.3 is 10.4 Å². The average molecular weight is 218 g/mol. The lowest BCUT2D eigenvalue weighted by Crippen LogP contribution is -2.05. The van der Waals surface area contributed by atoms with Gasteiger partial charge in [0.15, 0.2) is 5.82 Å². The van der Waals surface area contributed by atoms with Crippen molar-refractivity contribution in [3.05, 3.63) is 28.5 Å². The van der Waals surface area contributed by atoms with Gasteiger partial charge in [-0.25, -0.2) is 4.39 Å². The first-order valence-corrected chi connectivity index (χ1v) is 4.84. The fourth-order valence-electron chi connectivity index (χ4n) is 1.08. The number of hydrogen-bond acceptors (Lipinski definition) is 2. The van der Waals surface area contributed by atoms with E-state index in [1.165, 1.54) is 0 Å². The first-order valence-electron chi connectivity index (χ1n) is 4.46. The van der Waals surface area contributed by atoms with Crippen LogP contribution in [0.1, 0.15) is 12.0 Å². The van der Waals surface area contributed by atoms with Crippen molar-refractivity contribution in [3.8, 4) is 0 Å². The summed E-state index contributed by atoms with van der Waals surface area (Å²) in [5, 5.41) is 11.6. The minimum atomic E-state index is -0.426. The Kier molecular flexibility index (Phi) is 4.17. The monoisotopic (exact) mass is 217 g/mol. The average Bonchev–Trinajstić information content (AvgIpc) is 2.18. The molecule has 78 valence electrons. The number of aliphatic hydroxyl groups excluding tert-OH is 1. The smallest absolute Gasteiger partial charge is 0.165 e. The molecule has 14 heavy (non-hydrogen) atoms. The molecule has 0 unspecified atom stereocenters. The van der Waals surface area contributed by atoms with Crippen LogP contribution in [0.4, 0.5) is 10.1 Å². The molecule has 4 heteroatoms. The molecule has 0 saturated heterocycles. The molecule has 0 aliphatic carbocycles. The van der Waals surface area contributed by atoms with Gasteiger partial charge in [-0.3, -0.25) is 0 Å². The van der Waals surface area contributed by atoms with E-state index in [0.717, 1.165) is 5.56 Å². The number of rotatable bonds is 4. The van der Waals surface area contributed by atoms with Crippen LogP contribution in [0.15, 0.2) is 12.1 Å². The summed E-state index contributed by atoms with van der Waals surface area (Å²) in [6.45, 7) is 2.38. The van der Waals surface area contributed by atoms with Crippen molar-refractivity contribution in [2.24, 2.45) is 0 Å². The Bertz CT molecular complexity index is 317. The lowest BCUT2D eigenvalue weighted by molar-refractivity contribution is 0.292. The maximum absolute atomic E-state index is 13.4. The van der Waals surface area contributed by atoms with E-state index in [9.17, 15) is 4.39 Å². The van der Waals surface area contributed by atoms with E-state index in [1.807, 2.05) is 0 Å². The van der Waals surface area contributed by atoms with Gasteiger partial charge in [-0.1, -0.05) is 17.7 Å². The van der Waals surface area contributed by atoms with Crippen molar-refractivity contribution in [2.75, 3.05) is 18.5 Å². The molecule has 0 saturated carbocycles. The van der Waals surface area contributed by atoms with Crippen LogP contribution in [0, 0.1) is 12.7 Å². The molecule has 2 N–H and O–H groups in total. The molecule has 0 bridgehead atoms. The molecular formula is C10H13ClFNO. The first kappa shape index (κ1) is 11.3. The van der Waals surface area contributed by atoms with E-state index in [0.29, 0.717) is 18.7 Å². The highest BCUT2D eigenvalue weighted by Crippen LogP contribution is 2.25. The third-order valence-corrected chi connectivity index (χ3v) is 2.39. The Labute approximate surface area is 87.7 Å². The molecule has 0 spiro atoms. The van der Waals surface area contributed by atoms with Crippen LogP contribution in [0.25, 0.3) is 0 Å². The summed E-state index contributed by atoms with van der Waals surface area (Å²) in [7, 11) is 0. The van der Waals surface area contributed by atoms with Crippen molar-refractivity contribution in [1.29, 1.82) is 0 Å². The number of benzene rings is 1. The maximum atomic E-state index is 13.4. The fraction of sp³-hybridized carbons (Fsp3) is 0.400. The van der Waals surface area contributed by atoms with Crippen LogP contribution in [0.2, 0.25) is 5.02 Å². The zero-order chi connectivity index (χ0) is 10.6. The summed E-state index contributed by atoms with van der Waals surface area (Å²) >= 11 is 5.73. The lowest BCUT2D eigenvalue weighted by atomic mass is 10.2.